The standard InChI is InChI=1S/C14H22Br2O2/c1-2-10(17)6-4-3-5-9-7-8-11-12(9)13(18)14(11,15)16/h9-12,17H,2-8H2,1H3. The number of alkyl halides is 2. The Morgan fingerprint density at radius 2 is 2.11 bits per heavy atom. The molecule has 4 unspecified atom stereocenters. The molecule has 0 saturated heterocycles. The van der Waals surface area contributed by atoms with Crippen molar-refractivity contribution in [2.75, 3.05) is 0 Å². The number of halogens is 2. The molecule has 2 aliphatic rings. The molecule has 2 fully saturated rings. The normalized spacial score (nSPS) is 35.1. The van der Waals surface area contributed by atoms with Crippen LogP contribution in [0.3, 0.4) is 0 Å². The number of hydrogen-bond acceptors (Lipinski definition) is 2. The van der Waals surface area contributed by atoms with Gasteiger partial charge in [-0.3, -0.25) is 4.79 Å². The fourth-order valence-electron chi connectivity index (χ4n) is 3.51. The largest absolute Gasteiger partial charge is 0.393 e. The molecular formula is C14H22Br2O2. The number of unbranched alkanes of at least 4 members (excludes halogenated alkanes) is 1. The van der Waals surface area contributed by atoms with Gasteiger partial charge in [-0.25, -0.2) is 0 Å². The van der Waals surface area contributed by atoms with Crippen molar-refractivity contribution in [1.29, 1.82) is 0 Å². The summed E-state index contributed by atoms with van der Waals surface area (Å²) in [6.07, 6.45) is 7.37. The minimum Gasteiger partial charge on any atom is -0.393 e. The van der Waals surface area contributed by atoms with Crippen molar-refractivity contribution in [1.82, 2.24) is 0 Å². The fourth-order valence-corrected chi connectivity index (χ4v) is 5.06. The number of aliphatic hydroxyl groups excluding tert-OH is 1. The van der Waals surface area contributed by atoms with Gasteiger partial charge in [-0.15, -0.1) is 0 Å². The molecule has 0 aliphatic heterocycles. The monoisotopic (exact) mass is 380 g/mol. The summed E-state index contributed by atoms with van der Waals surface area (Å²) in [5.41, 5.74) is 0. The third-order valence-corrected chi connectivity index (χ3v) is 6.68. The van der Waals surface area contributed by atoms with Crippen LogP contribution in [0.25, 0.3) is 0 Å². The van der Waals surface area contributed by atoms with E-state index >= 15 is 0 Å². The van der Waals surface area contributed by atoms with Gasteiger partial charge in [0.05, 0.1) is 6.10 Å². The Morgan fingerprint density at radius 1 is 1.39 bits per heavy atom. The van der Waals surface area contributed by atoms with Crippen LogP contribution in [0.2, 0.25) is 0 Å². The molecule has 4 atom stereocenters. The molecule has 0 bridgehead atoms. The lowest BCUT2D eigenvalue weighted by atomic mass is 9.70. The first-order valence-electron chi connectivity index (χ1n) is 7.08. The molecule has 0 amide bonds. The van der Waals surface area contributed by atoms with Crippen molar-refractivity contribution in [3.05, 3.63) is 0 Å². The summed E-state index contributed by atoms with van der Waals surface area (Å²) in [4.78, 5) is 12.0. The minimum absolute atomic E-state index is 0.135. The van der Waals surface area contributed by atoms with E-state index in [1.54, 1.807) is 0 Å². The lowest BCUT2D eigenvalue weighted by molar-refractivity contribution is -0.134. The van der Waals surface area contributed by atoms with Gasteiger partial charge in [-0.1, -0.05) is 51.6 Å². The second-order valence-corrected chi connectivity index (χ2v) is 9.37. The lowest BCUT2D eigenvalue weighted by Crippen LogP contribution is -2.54. The van der Waals surface area contributed by atoms with Gasteiger partial charge in [0.2, 0.25) is 0 Å². The summed E-state index contributed by atoms with van der Waals surface area (Å²) in [6, 6.07) is 0. The van der Waals surface area contributed by atoms with Crippen molar-refractivity contribution < 1.29 is 9.90 Å². The second kappa shape index (κ2) is 5.92. The average Bonchev–Trinajstić information content (AvgIpc) is 2.75. The van der Waals surface area contributed by atoms with Crippen molar-refractivity contribution in [3.63, 3.8) is 0 Å². The SMILES string of the molecule is CCC(O)CCCCC1CCC2C1C(=O)C2(Br)Br. The van der Waals surface area contributed by atoms with Gasteiger partial charge in [0.25, 0.3) is 0 Å². The van der Waals surface area contributed by atoms with Crippen LogP contribution in [0.4, 0.5) is 0 Å². The Labute approximate surface area is 126 Å². The first-order valence-corrected chi connectivity index (χ1v) is 8.67. The first kappa shape index (κ1) is 15.0. The van der Waals surface area contributed by atoms with Gasteiger partial charge >= 0.3 is 0 Å². The van der Waals surface area contributed by atoms with Crippen LogP contribution in [-0.4, -0.2) is 20.2 Å². The Kier molecular flexibility index (Phi) is 4.93. The quantitative estimate of drug-likeness (QED) is 0.557. The first-order chi connectivity index (χ1) is 8.48. The fraction of sp³-hybridized carbons (Fsp3) is 0.929. The van der Waals surface area contributed by atoms with Crippen LogP contribution in [0.1, 0.15) is 51.9 Å². The second-order valence-electron chi connectivity index (χ2n) is 5.80. The van der Waals surface area contributed by atoms with Crippen molar-refractivity contribution in [3.8, 4) is 0 Å². The molecule has 4 heteroatoms. The van der Waals surface area contributed by atoms with E-state index in [0.717, 1.165) is 38.5 Å². The summed E-state index contributed by atoms with van der Waals surface area (Å²) < 4.78 is -0.405. The van der Waals surface area contributed by atoms with E-state index in [2.05, 4.69) is 31.9 Å². The van der Waals surface area contributed by atoms with Crippen LogP contribution in [0.15, 0.2) is 0 Å². The summed E-state index contributed by atoms with van der Waals surface area (Å²) in [6.45, 7) is 2.02. The van der Waals surface area contributed by atoms with Crippen molar-refractivity contribution in [2.24, 2.45) is 17.8 Å². The molecule has 0 heterocycles. The highest BCUT2D eigenvalue weighted by molar-refractivity contribution is 9.26. The van der Waals surface area contributed by atoms with Crippen molar-refractivity contribution >= 4 is 37.6 Å². The van der Waals surface area contributed by atoms with E-state index in [0.29, 0.717) is 23.5 Å². The Hall–Kier alpha value is 0.590. The molecular weight excluding hydrogens is 360 g/mol. The van der Waals surface area contributed by atoms with Gasteiger partial charge in [-0.2, -0.15) is 0 Å². The molecule has 0 radical (unpaired) electrons. The summed E-state index contributed by atoms with van der Waals surface area (Å²) in [5, 5.41) is 9.50. The molecule has 2 saturated carbocycles. The molecule has 1 N–H and O–H groups in total. The van der Waals surface area contributed by atoms with E-state index in [9.17, 15) is 9.90 Å². The zero-order valence-electron chi connectivity index (χ0n) is 10.9. The minimum atomic E-state index is -0.405. The van der Waals surface area contributed by atoms with E-state index in [1.807, 2.05) is 6.92 Å². The molecule has 2 rings (SSSR count). The van der Waals surface area contributed by atoms with E-state index in [4.69, 9.17) is 0 Å². The maximum Gasteiger partial charge on any atom is 0.164 e. The highest BCUT2D eigenvalue weighted by atomic mass is 79.9. The van der Waals surface area contributed by atoms with E-state index in [1.165, 1.54) is 6.42 Å². The van der Waals surface area contributed by atoms with Gasteiger partial charge in [0.15, 0.2) is 5.78 Å². The Balaban J connectivity index is 1.71. The number of aliphatic hydroxyl groups is 1. The average molecular weight is 382 g/mol. The number of fused-ring (bicyclic) bond motifs is 1. The highest BCUT2D eigenvalue weighted by Gasteiger charge is 2.63. The molecule has 18 heavy (non-hydrogen) atoms. The molecule has 104 valence electrons. The highest BCUT2D eigenvalue weighted by Crippen LogP contribution is 2.61. The molecule has 0 aromatic heterocycles. The number of Topliss-reactive ketones (excluding diaryl/α,β-unsaturated/α-hetero) is 1. The molecule has 0 aromatic carbocycles. The smallest absolute Gasteiger partial charge is 0.164 e. The third kappa shape index (κ3) is 2.71. The number of hydrogen-bond donors (Lipinski definition) is 1. The van der Waals surface area contributed by atoms with Crippen LogP contribution in [-0.2, 0) is 4.79 Å². The zero-order chi connectivity index (χ0) is 13.3. The zero-order valence-corrected chi connectivity index (χ0v) is 14.0. The number of ketones is 1. The molecule has 0 aromatic rings. The molecule has 2 nitrogen and oxygen atoms in total. The van der Waals surface area contributed by atoms with Crippen LogP contribution >= 0.6 is 31.9 Å². The van der Waals surface area contributed by atoms with Gasteiger partial charge in [-0.05, 0) is 38.0 Å². The number of rotatable bonds is 6. The maximum absolute atomic E-state index is 12.0. The Bertz CT molecular complexity index is 317. The third-order valence-electron chi connectivity index (χ3n) is 4.72. The van der Waals surface area contributed by atoms with Gasteiger partial charge in [0, 0.05) is 11.8 Å². The summed E-state index contributed by atoms with van der Waals surface area (Å²) in [5.74, 6) is 1.73. The predicted molar refractivity (Wildman–Crippen MR) is 80.1 cm³/mol. The van der Waals surface area contributed by atoms with Gasteiger partial charge < -0.3 is 5.11 Å². The summed E-state index contributed by atoms with van der Waals surface area (Å²) >= 11 is 7.02. The van der Waals surface area contributed by atoms with Crippen LogP contribution in [0.5, 0.6) is 0 Å². The van der Waals surface area contributed by atoms with Crippen molar-refractivity contribution in [2.45, 2.75) is 61.2 Å². The number of carbonyl (C=O) groups excluding carboxylic acids is 1. The van der Waals surface area contributed by atoms with E-state index in [-0.39, 0.29) is 6.10 Å². The topological polar surface area (TPSA) is 37.3 Å². The molecule has 2 aliphatic carbocycles. The summed E-state index contributed by atoms with van der Waals surface area (Å²) in [7, 11) is 0. The van der Waals surface area contributed by atoms with Crippen LogP contribution < -0.4 is 0 Å². The Morgan fingerprint density at radius 3 is 2.78 bits per heavy atom. The lowest BCUT2D eigenvalue weighted by Gasteiger charge is -2.44. The predicted octanol–water partition coefficient (Wildman–Crippen LogP) is 4.03. The number of carbonyl (C=O) groups is 1. The van der Waals surface area contributed by atoms with E-state index < -0.39 is 3.23 Å². The van der Waals surface area contributed by atoms with Crippen LogP contribution in [0, 0.1) is 17.8 Å². The maximum atomic E-state index is 12.0. The molecule has 0 spiro atoms. The van der Waals surface area contributed by atoms with Gasteiger partial charge in [0.1, 0.15) is 3.23 Å².